The number of hydrogen-bond donors (Lipinski definition) is 1. The third kappa shape index (κ3) is 3.75. The van der Waals surface area contributed by atoms with Crippen LogP contribution < -0.4 is 26.1 Å². The summed E-state index contributed by atoms with van der Waals surface area (Å²) in [4.78, 5) is 26.1. The van der Waals surface area contributed by atoms with E-state index in [1.165, 1.54) is 23.8 Å². The van der Waals surface area contributed by atoms with Gasteiger partial charge in [-0.25, -0.2) is 4.39 Å². The predicted molar refractivity (Wildman–Crippen MR) is 118 cm³/mol. The average Bonchev–Trinajstić information content (AvgIpc) is 2.77. The van der Waals surface area contributed by atoms with Gasteiger partial charge in [-0.05, 0) is 48.5 Å². The highest BCUT2D eigenvalue weighted by molar-refractivity contribution is 5.85. The lowest BCUT2D eigenvalue weighted by Crippen LogP contribution is -2.44. The summed E-state index contributed by atoms with van der Waals surface area (Å²) in [5.74, 6) is -0.00601. The topological polar surface area (TPSA) is 81.9 Å². The Morgan fingerprint density at radius 1 is 1.16 bits per heavy atom. The molecule has 7 nitrogen and oxygen atoms in total. The molecular formula is C23H20FN5O2. The molecule has 0 bridgehead atoms. The SMILES string of the molecule is C=c1cc(C(C)Nc2nc(OC)nc3cccnc23)n(-c2cccc(F)c2)c(=O)c1=C. The van der Waals surface area contributed by atoms with Crippen LogP contribution in [0.15, 0.2) is 53.5 Å². The van der Waals surface area contributed by atoms with Gasteiger partial charge in [0.05, 0.1) is 24.4 Å². The van der Waals surface area contributed by atoms with E-state index in [2.05, 4.69) is 33.4 Å². The van der Waals surface area contributed by atoms with Gasteiger partial charge in [0, 0.05) is 17.1 Å². The third-order valence-corrected chi connectivity index (χ3v) is 4.91. The normalized spacial score (nSPS) is 12.0. The minimum absolute atomic E-state index is 0.184. The molecule has 0 aliphatic rings. The number of rotatable bonds is 5. The largest absolute Gasteiger partial charge is 0.467 e. The number of anilines is 1. The number of halogens is 1. The first-order valence-corrected chi connectivity index (χ1v) is 9.52. The van der Waals surface area contributed by atoms with E-state index in [0.717, 1.165) is 0 Å². The number of fused-ring (bicyclic) bond motifs is 1. The van der Waals surface area contributed by atoms with Crippen molar-refractivity contribution in [2.45, 2.75) is 13.0 Å². The van der Waals surface area contributed by atoms with Crippen molar-refractivity contribution >= 4 is 30.0 Å². The Morgan fingerprint density at radius 2 is 1.97 bits per heavy atom. The summed E-state index contributed by atoms with van der Waals surface area (Å²) in [5, 5.41) is 4.02. The summed E-state index contributed by atoms with van der Waals surface area (Å²) in [6.07, 6.45) is 1.64. The van der Waals surface area contributed by atoms with Crippen LogP contribution in [0.4, 0.5) is 10.2 Å². The molecule has 0 aliphatic heterocycles. The second-order valence-electron chi connectivity index (χ2n) is 6.99. The molecule has 1 aromatic carbocycles. The van der Waals surface area contributed by atoms with Gasteiger partial charge < -0.3 is 10.1 Å². The fourth-order valence-electron chi connectivity index (χ4n) is 3.34. The molecule has 1 unspecified atom stereocenters. The van der Waals surface area contributed by atoms with Gasteiger partial charge in [0.15, 0.2) is 5.82 Å². The summed E-state index contributed by atoms with van der Waals surface area (Å²) in [6.45, 7) is 9.60. The number of nitrogens with zero attached hydrogens (tertiary/aromatic N) is 4. The molecule has 1 atom stereocenters. The van der Waals surface area contributed by atoms with Crippen molar-refractivity contribution in [3.05, 3.63) is 81.0 Å². The van der Waals surface area contributed by atoms with Crippen molar-refractivity contribution in [1.82, 2.24) is 19.5 Å². The molecule has 0 saturated heterocycles. The number of aromatic nitrogens is 4. The van der Waals surface area contributed by atoms with Gasteiger partial charge >= 0.3 is 6.01 Å². The van der Waals surface area contributed by atoms with Gasteiger partial charge in [0.25, 0.3) is 5.56 Å². The van der Waals surface area contributed by atoms with Crippen LogP contribution in [0.5, 0.6) is 6.01 Å². The Labute approximate surface area is 177 Å². The van der Waals surface area contributed by atoms with E-state index in [1.807, 2.05) is 6.92 Å². The fraction of sp³-hybridized carbons (Fsp3) is 0.130. The molecule has 3 heterocycles. The first-order chi connectivity index (χ1) is 14.9. The zero-order valence-electron chi connectivity index (χ0n) is 17.1. The molecule has 0 saturated carbocycles. The minimum atomic E-state index is -0.448. The Hall–Kier alpha value is -4.07. The maximum atomic E-state index is 13.9. The van der Waals surface area contributed by atoms with Crippen molar-refractivity contribution in [3.63, 3.8) is 0 Å². The van der Waals surface area contributed by atoms with Gasteiger partial charge in [-0.3, -0.25) is 14.3 Å². The standard InChI is InChI=1S/C23H20FN5O2/c1-13-11-19(29(22(30)14(13)2)17-8-5-7-16(24)12-17)15(3)26-21-20-18(9-6-10-25-20)27-23(28-21)31-4/h5-12,15H,1-2H2,3-4H3,(H,26,27,28). The predicted octanol–water partition coefficient (Wildman–Crippen LogP) is 2.32. The van der Waals surface area contributed by atoms with Gasteiger partial charge in [-0.2, -0.15) is 9.97 Å². The highest BCUT2D eigenvalue weighted by atomic mass is 19.1. The highest BCUT2D eigenvalue weighted by Gasteiger charge is 2.18. The lowest BCUT2D eigenvalue weighted by molar-refractivity contribution is 0.382. The molecule has 4 aromatic rings. The zero-order chi connectivity index (χ0) is 22.1. The number of methoxy groups -OCH3 is 1. The van der Waals surface area contributed by atoms with Crippen LogP contribution in [0.2, 0.25) is 0 Å². The molecule has 3 aromatic heterocycles. The molecule has 4 rings (SSSR count). The molecule has 0 fully saturated rings. The summed E-state index contributed by atoms with van der Waals surface area (Å²) < 4.78 is 20.5. The van der Waals surface area contributed by atoms with E-state index in [1.54, 1.807) is 36.5 Å². The fourth-order valence-corrected chi connectivity index (χ4v) is 3.34. The van der Waals surface area contributed by atoms with Crippen LogP contribution in [0.25, 0.3) is 29.9 Å². The van der Waals surface area contributed by atoms with Gasteiger partial charge in [0.2, 0.25) is 0 Å². The molecule has 0 radical (unpaired) electrons. The quantitative estimate of drug-likeness (QED) is 0.537. The Morgan fingerprint density at radius 3 is 2.71 bits per heavy atom. The smallest absolute Gasteiger partial charge is 0.318 e. The van der Waals surface area contributed by atoms with E-state index in [0.29, 0.717) is 33.5 Å². The molecular weight excluding hydrogens is 397 g/mol. The summed E-state index contributed by atoms with van der Waals surface area (Å²) in [5.41, 5.74) is 1.75. The van der Waals surface area contributed by atoms with Gasteiger partial charge in [-0.1, -0.05) is 19.2 Å². The van der Waals surface area contributed by atoms with Crippen LogP contribution in [0.3, 0.4) is 0 Å². The van der Waals surface area contributed by atoms with Crippen LogP contribution in [-0.2, 0) is 0 Å². The van der Waals surface area contributed by atoms with Crippen LogP contribution in [0.1, 0.15) is 18.7 Å². The molecule has 156 valence electrons. The van der Waals surface area contributed by atoms with Crippen molar-refractivity contribution in [2.75, 3.05) is 12.4 Å². The second kappa shape index (κ2) is 7.98. The van der Waals surface area contributed by atoms with E-state index in [4.69, 9.17) is 4.74 Å². The maximum Gasteiger partial charge on any atom is 0.318 e. The van der Waals surface area contributed by atoms with Gasteiger partial charge in [-0.15, -0.1) is 0 Å². The summed E-state index contributed by atoms with van der Waals surface area (Å²) in [7, 11) is 1.48. The summed E-state index contributed by atoms with van der Waals surface area (Å²) >= 11 is 0. The highest BCUT2D eigenvalue weighted by Crippen LogP contribution is 2.25. The van der Waals surface area contributed by atoms with E-state index in [-0.39, 0.29) is 16.8 Å². The van der Waals surface area contributed by atoms with Gasteiger partial charge in [0.1, 0.15) is 11.3 Å². The summed E-state index contributed by atoms with van der Waals surface area (Å²) in [6, 6.07) is 10.9. The van der Waals surface area contributed by atoms with Crippen molar-refractivity contribution in [1.29, 1.82) is 0 Å². The number of pyridine rings is 2. The Bertz CT molecular complexity index is 1450. The van der Waals surface area contributed by atoms with Crippen LogP contribution in [-0.4, -0.2) is 26.6 Å². The molecule has 1 N–H and O–H groups in total. The second-order valence-corrected chi connectivity index (χ2v) is 6.99. The number of hydrogen-bond acceptors (Lipinski definition) is 6. The van der Waals surface area contributed by atoms with Crippen LogP contribution in [0, 0.1) is 5.82 Å². The number of ether oxygens (including phenoxy) is 1. The van der Waals surface area contributed by atoms with Crippen molar-refractivity contribution in [2.24, 2.45) is 0 Å². The first-order valence-electron chi connectivity index (χ1n) is 9.52. The lowest BCUT2D eigenvalue weighted by Gasteiger charge is -2.21. The van der Waals surface area contributed by atoms with Crippen LogP contribution >= 0.6 is 0 Å². The Balaban J connectivity index is 1.88. The van der Waals surface area contributed by atoms with E-state index >= 15 is 0 Å². The lowest BCUT2D eigenvalue weighted by atomic mass is 10.1. The van der Waals surface area contributed by atoms with Crippen molar-refractivity contribution in [3.8, 4) is 11.7 Å². The monoisotopic (exact) mass is 417 g/mol. The molecule has 0 amide bonds. The van der Waals surface area contributed by atoms with E-state index < -0.39 is 11.9 Å². The number of nitrogens with one attached hydrogen (secondary N) is 1. The molecule has 0 spiro atoms. The molecule has 31 heavy (non-hydrogen) atoms. The molecule has 8 heteroatoms. The zero-order valence-corrected chi connectivity index (χ0v) is 17.1. The van der Waals surface area contributed by atoms with Crippen molar-refractivity contribution < 1.29 is 9.13 Å². The number of benzene rings is 1. The first kappa shape index (κ1) is 20.2. The third-order valence-electron chi connectivity index (χ3n) is 4.91. The van der Waals surface area contributed by atoms with E-state index in [9.17, 15) is 9.18 Å². The molecule has 0 aliphatic carbocycles. The Kier molecular flexibility index (Phi) is 5.21. The maximum absolute atomic E-state index is 13.9. The minimum Gasteiger partial charge on any atom is -0.467 e. The average molecular weight is 417 g/mol.